The minimum Gasteiger partial charge on any atom is -0.353 e. The first kappa shape index (κ1) is 16.2. The molecule has 0 aliphatic rings. The third-order valence-electron chi connectivity index (χ3n) is 3.48. The highest BCUT2D eigenvalue weighted by Gasteiger charge is 2.16. The van der Waals surface area contributed by atoms with Crippen molar-refractivity contribution in [2.24, 2.45) is 5.92 Å². The summed E-state index contributed by atoms with van der Waals surface area (Å²) in [6, 6.07) is 2.04. The monoisotopic (exact) mass is 283 g/mol. The van der Waals surface area contributed by atoms with Gasteiger partial charge in [0.15, 0.2) is 0 Å². The molecule has 0 amide bonds. The molecule has 1 rings (SSSR count). The van der Waals surface area contributed by atoms with Gasteiger partial charge in [-0.05, 0) is 24.8 Å². The Kier molecular flexibility index (Phi) is 6.56. The lowest BCUT2D eigenvalue weighted by Gasteiger charge is -2.19. The van der Waals surface area contributed by atoms with Gasteiger partial charge in [0.1, 0.15) is 0 Å². The van der Waals surface area contributed by atoms with Gasteiger partial charge in [-0.3, -0.25) is 0 Å². The van der Waals surface area contributed by atoms with Gasteiger partial charge in [-0.2, -0.15) is 0 Å². The molecule has 0 fully saturated rings. The van der Waals surface area contributed by atoms with Crippen LogP contribution in [0.4, 0.5) is 5.95 Å². The average molecular weight is 284 g/mol. The minimum atomic E-state index is 0.126. The van der Waals surface area contributed by atoms with Crippen LogP contribution in [0.5, 0.6) is 0 Å². The quantitative estimate of drug-likeness (QED) is 0.756. The molecule has 0 bridgehead atoms. The lowest BCUT2D eigenvalue weighted by atomic mass is 9.99. The van der Waals surface area contributed by atoms with Gasteiger partial charge in [0, 0.05) is 17.9 Å². The van der Waals surface area contributed by atoms with E-state index in [1.54, 1.807) is 0 Å². The first-order chi connectivity index (χ1) is 8.97. The fraction of sp³-hybridized carbons (Fsp3) is 0.733. The largest absolute Gasteiger partial charge is 0.353 e. The van der Waals surface area contributed by atoms with Crippen molar-refractivity contribution in [3.63, 3.8) is 0 Å². The van der Waals surface area contributed by atoms with Crippen LogP contribution in [0, 0.1) is 12.8 Å². The predicted molar refractivity (Wildman–Crippen MR) is 83.1 cm³/mol. The van der Waals surface area contributed by atoms with Gasteiger partial charge < -0.3 is 5.32 Å². The molecule has 1 aromatic heterocycles. The highest BCUT2D eigenvalue weighted by atomic mass is 35.5. The van der Waals surface area contributed by atoms with Crippen molar-refractivity contribution in [2.45, 2.75) is 58.8 Å². The second kappa shape index (κ2) is 7.68. The van der Waals surface area contributed by atoms with Crippen molar-refractivity contribution in [2.75, 3.05) is 11.9 Å². The topological polar surface area (TPSA) is 37.8 Å². The van der Waals surface area contributed by atoms with E-state index in [9.17, 15) is 0 Å². The van der Waals surface area contributed by atoms with Crippen molar-refractivity contribution in [1.82, 2.24) is 9.97 Å². The van der Waals surface area contributed by atoms with Crippen LogP contribution in [0.15, 0.2) is 6.07 Å². The maximum absolute atomic E-state index is 6.42. The van der Waals surface area contributed by atoms with E-state index in [1.807, 2.05) is 13.0 Å². The van der Waals surface area contributed by atoms with E-state index >= 15 is 0 Å². The molecule has 0 aliphatic heterocycles. The third-order valence-corrected chi connectivity index (χ3v) is 3.99. The first-order valence-electron chi connectivity index (χ1n) is 7.21. The lowest BCUT2D eigenvalue weighted by Crippen LogP contribution is -2.23. The number of hydrogen-bond donors (Lipinski definition) is 1. The summed E-state index contributed by atoms with van der Waals surface area (Å²) in [4.78, 5) is 8.95. The number of nitrogens with zero attached hydrogens (tertiary/aromatic N) is 2. The summed E-state index contributed by atoms with van der Waals surface area (Å²) in [5.41, 5.74) is 2.07. The number of aryl methyl sites for hydroxylation is 1. The molecule has 0 saturated carbocycles. The highest BCUT2D eigenvalue weighted by molar-refractivity contribution is 6.21. The van der Waals surface area contributed by atoms with Crippen LogP contribution in [0.3, 0.4) is 0 Å². The van der Waals surface area contributed by atoms with E-state index in [0.29, 0.717) is 17.8 Å². The third kappa shape index (κ3) is 4.98. The molecule has 1 aromatic rings. The van der Waals surface area contributed by atoms with Crippen molar-refractivity contribution in [3.05, 3.63) is 17.5 Å². The van der Waals surface area contributed by atoms with E-state index in [1.165, 1.54) is 0 Å². The van der Waals surface area contributed by atoms with Crippen LogP contribution < -0.4 is 5.32 Å². The Bertz CT molecular complexity index is 389. The molecule has 1 unspecified atom stereocenters. The van der Waals surface area contributed by atoms with E-state index < -0.39 is 0 Å². The van der Waals surface area contributed by atoms with Gasteiger partial charge in [-0.15, -0.1) is 11.6 Å². The molecule has 1 atom stereocenters. The second-order valence-electron chi connectivity index (χ2n) is 5.39. The Labute approximate surface area is 122 Å². The molecular weight excluding hydrogens is 258 g/mol. The average Bonchev–Trinajstić information content (AvgIpc) is 2.37. The van der Waals surface area contributed by atoms with Crippen LogP contribution in [0.1, 0.15) is 57.8 Å². The molecule has 1 N–H and O–H groups in total. The van der Waals surface area contributed by atoms with Gasteiger partial charge >= 0.3 is 0 Å². The number of halogens is 1. The summed E-state index contributed by atoms with van der Waals surface area (Å²) >= 11 is 6.42. The fourth-order valence-corrected chi connectivity index (χ4v) is 2.56. The number of rotatable bonds is 7. The number of hydrogen-bond acceptors (Lipinski definition) is 3. The Morgan fingerprint density at radius 3 is 2.37 bits per heavy atom. The van der Waals surface area contributed by atoms with Crippen LogP contribution in [0.2, 0.25) is 0 Å². The van der Waals surface area contributed by atoms with Crippen LogP contribution >= 0.6 is 11.6 Å². The maximum Gasteiger partial charge on any atom is 0.223 e. The molecule has 19 heavy (non-hydrogen) atoms. The predicted octanol–water partition coefficient (Wildman–Crippen LogP) is 4.36. The van der Waals surface area contributed by atoms with Gasteiger partial charge in [0.2, 0.25) is 5.95 Å². The number of alkyl halides is 1. The Hall–Kier alpha value is -0.830. The zero-order chi connectivity index (χ0) is 14.4. The summed E-state index contributed by atoms with van der Waals surface area (Å²) in [6.07, 6.45) is 2.22. The number of anilines is 1. The lowest BCUT2D eigenvalue weighted by molar-refractivity contribution is 0.475. The van der Waals surface area contributed by atoms with Crippen molar-refractivity contribution < 1.29 is 0 Å². The summed E-state index contributed by atoms with van der Waals surface area (Å²) in [6.45, 7) is 11.4. The zero-order valence-electron chi connectivity index (χ0n) is 12.7. The van der Waals surface area contributed by atoms with Gasteiger partial charge in [-0.25, -0.2) is 9.97 Å². The van der Waals surface area contributed by atoms with Crippen LogP contribution in [-0.2, 0) is 0 Å². The first-order valence-corrected chi connectivity index (χ1v) is 7.65. The van der Waals surface area contributed by atoms with Crippen molar-refractivity contribution in [3.8, 4) is 0 Å². The molecule has 4 heteroatoms. The molecule has 108 valence electrons. The maximum atomic E-state index is 6.42. The van der Waals surface area contributed by atoms with Crippen LogP contribution in [0.25, 0.3) is 0 Å². The smallest absolute Gasteiger partial charge is 0.223 e. The minimum absolute atomic E-state index is 0.126. The fourth-order valence-electron chi connectivity index (χ4n) is 2.12. The molecule has 0 saturated heterocycles. The molecule has 0 aromatic carbocycles. The van der Waals surface area contributed by atoms with Crippen molar-refractivity contribution in [1.29, 1.82) is 0 Å². The summed E-state index contributed by atoms with van der Waals surface area (Å²) in [5, 5.41) is 3.40. The molecule has 1 heterocycles. The SMILES string of the molecule is CCC(CC)C(Cl)CNc1nc(C)cc(C(C)C)n1. The molecular formula is C15H26ClN3. The summed E-state index contributed by atoms with van der Waals surface area (Å²) in [5.74, 6) is 1.65. The normalized spacial score (nSPS) is 13.1. The van der Waals surface area contributed by atoms with E-state index in [-0.39, 0.29) is 5.38 Å². The molecule has 0 aliphatic carbocycles. The van der Waals surface area contributed by atoms with E-state index in [2.05, 4.69) is 43.0 Å². The van der Waals surface area contributed by atoms with Gasteiger partial charge in [0.25, 0.3) is 0 Å². The highest BCUT2D eigenvalue weighted by Crippen LogP contribution is 2.19. The van der Waals surface area contributed by atoms with E-state index in [0.717, 1.165) is 30.8 Å². The summed E-state index contributed by atoms with van der Waals surface area (Å²) < 4.78 is 0. The summed E-state index contributed by atoms with van der Waals surface area (Å²) in [7, 11) is 0. The van der Waals surface area contributed by atoms with Crippen molar-refractivity contribution >= 4 is 17.5 Å². The van der Waals surface area contributed by atoms with Gasteiger partial charge in [-0.1, -0.05) is 40.5 Å². The molecule has 0 radical (unpaired) electrons. The number of aromatic nitrogens is 2. The number of nitrogens with one attached hydrogen (secondary N) is 1. The standard InChI is InChI=1S/C15H26ClN3/c1-6-12(7-2)13(16)9-17-15-18-11(5)8-14(19-15)10(3)4/h8,10,12-13H,6-7,9H2,1-5H3,(H,17,18,19). The second-order valence-corrected chi connectivity index (χ2v) is 5.95. The van der Waals surface area contributed by atoms with E-state index in [4.69, 9.17) is 11.6 Å². The van der Waals surface area contributed by atoms with Crippen LogP contribution in [-0.4, -0.2) is 21.9 Å². The molecule has 0 spiro atoms. The molecule has 3 nitrogen and oxygen atoms in total. The zero-order valence-corrected chi connectivity index (χ0v) is 13.5. The Morgan fingerprint density at radius 2 is 1.84 bits per heavy atom. The Balaban J connectivity index is 2.67. The van der Waals surface area contributed by atoms with Gasteiger partial charge in [0.05, 0.1) is 5.38 Å². The Morgan fingerprint density at radius 1 is 1.21 bits per heavy atom.